The van der Waals surface area contributed by atoms with Crippen LogP contribution in [0.3, 0.4) is 0 Å². The normalized spacial score (nSPS) is 14.0. The molecule has 11 aromatic rings. The minimum absolute atomic E-state index is 0.228. The van der Waals surface area contributed by atoms with Crippen molar-refractivity contribution in [1.82, 2.24) is 24.1 Å². The molecule has 1 atom stereocenters. The number of aromatic nitrogens is 5. The van der Waals surface area contributed by atoms with Gasteiger partial charge in [-0.2, -0.15) is 9.97 Å². The van der Waals surface area contributed by atoms with Crippen LogP contribution in [0.1, 0.15) is 16.5 Å². The SMILES string of the molecule is C1=CC(n2c3ccccc3c3cc(-c4ccc5c(c4)c4ccccc4n5-c4nc(-c5ccccc5)nc(-c5ccccc5)n4)ccc32)Cc2c1sc1ccccc21. The second kappa shape index (κ2) is 12.7. The van der Waals surface area contributed by atoms with Gasteiger partial charge in [-0.05, 0) is 77.0 Å². The monoisotopic (exact) mass is 747 g/mol. The Bertz CT molecular complexity index is 3330. The molecule has 1 unspecified atom stereocenters. The van der Waals surface area contributed by atoms with Crippen LogP contribution in [0, 0.1) is 0 Å². The van der Waals surface area contributed by atoms with Crippen molar-refractivity contribution in [2.75, 3.05) is 0 Å². The van der Waals surface area contributed by atoms with Gasteiger partial charge in [0, 0.05) is 53.3 Å². The molecule has 0 spiro atoms. The second-order valence-electron chi connectivity index (χ2n) is 14.8. The van der Waals surface area contributed by atoms with Crippen LogP contribution in [0.15, 0.2) is 176 Å². The number of nitrogens with zero attached hydrogens (tertiary/aromatic N) is 5. The maximum absolute atomic E-state index is 5.11. The van der Waals surface area contributed by atoms with Gasteiger partial charge in [-0.15, -0.1) is 11.3 Å². The van der Waals surface area contributed by atoms with Crippen molar-refractivity contribution < 1.29 is 0 Å². The smallest absolute Gasteiger partial charge is 0.238 e. The van der Waals surface area contributed by atoms with Gasteiger partial charge in [0.15, 0.2) is 11.6 Å². The van der Waals surface area contributed by atoms with Gasteiger partial charge >= 0.3 is 0 Å². The first kappa shape index (κ1) is 32.1. The largest absolute Gasteiger partial charge is 0.333 e. The lowest BCUT2D eigenvalue weighted by molar-refractivity contribution is 0.640. The van der Waals surface area contributed by atoms with E-state index < -0.39 is 0 Å². The molecule has 0 fully saturated rings. The van der Waals surface area contributed by atoms with Crippen LogP contribution in [-0.2, 0) is 6.42 Å². The van der Waals surface area contributed by atoms with Crippen LogP contribution >= 0.6 is 11.3 Å². The van der Waals surface area contributed by atoms with Gasteiger partial charge < -0.3 is 4.57 Å². The number of allylic oxidation sites excluding steroid dienone is 1. The predicted octanol–water partition coefficient (Wildman–Crippen LogP) is 13.1. The first-order chi connectivity index (χ1) is 28.2. The number of hydrogen-bond acceptors (Lipinski definition) is 4. The quantitative estimate of drug-likeness (QED) is 0.176. The van der Waals surface area contributed by atoms with Crippen LogP contribution in [0.4, 0.5) is 0 Å². The third-order valence-electron chi connectivity index (χ3n) is 11.5. The molecule has 0 radical (unpaired) electrons. The molecule has 5 nitrogen and oxygen atoms in total. The molecular weight excluding hydrogens is 715 g/mol. The molecule has 0 bridgehead atoms. The molecule has 268 valence electrons. The summed E-state index contributed by atoms with van der Waals surface area (Å²) < 4.78 is 6.10. The number of benzene rings is 7. The zero-order valence-corrected chi connectivity index (χ0v) is 31.6. The Hall–Kier alpha value is -7.15. The number of rotatable bonds is 5. The van der Waals surface area contributed by atoms with E-state index >= 15 is 0 Å². The first-order valence-corrected chi connectivity index (χ1v) is 20.2. The van der Waals surface area contributed by atoms with Gasteiger partial charge in [0.05, 0.1) is 17.1 Å². The first-order valence-electron chi connectivity index (χ1n) is 19.4. The van der Waals surface area contributed by atoms with Crippen molar-refractivity contribution in [3.8, 4) is 39.9 Å². The lowest BCUT2D eigenvalue weighted by Gasteiger charge is -2.22. The van der Waals surface area contributed by atoms with E-state index in [9.17, 15) is 0 Å². The second-order valence-corrected chi connectivity index (χ2v) is 15.9. The third-order valence-corrected chi connectivity index (χ3v) is 12.7. The van der Waals surface area contributed by atoms with E-state index in [4.69, 9.17) is 15.0 Å². The van der Waals surface area contributed by atoms with E-state index in [1.807, 2.05) is 72.0 Å². The zero-order valence-electron chi connectivity index (χ0n) is 30.7. The summed E-state index contributed by atoms with van der Waals surface area (Å²) in [5.41, 5.74) is 10.3. The van der Waals surface area contributed by atoms with E-state index in [2.05, 4.69) is 130 Å². The van der Waals surface area contributed by atoms with Crippen molar-refractivity contribution in [1.29, 1.82) is 0 Å². The van der Waals surface area contributed by atoms with Crippen LogP contribution in [0.2, 0.25) is 0 Å². The predicted molar refractivity (Wildman–Crippen MR) is 237 cm³/mol. The standard InChI is InChI=1S/C51H33N5S/c1-3-13-32(14-4-1)49-52-50(33-15-5-2-6-16-33)54-51(53-49)56-44-21-11-8-18-38(44)41-30-35(24-27-46(41)56)34-23-26-45-40(29-34)37-17-7-10-20-43(37)55(45)36-25-28-48-42(31-36)39-19-9-12-22-47(39)57-48/h1-30,36H,31H2. The summed E-state index contributed by atoms with van der Waals surface area (Å²) >= 11 is 1.90. The van der Waals surface area contributed by atoms with E-state index in [0.29, 0.717) is 17.6 Å². The van der Waals surface area contributed by atoms with Gasteiger partial charge in [0.1, 0.15) is 0 Å². The summed E-state index contributed by atoms with van der Waals surface area (Å²) in [7, 11) is 0. The fraction of sp³-hybridized carbons (Fsp3) is 0.0392. The van der Waals surface area contributed by atoms with Crippen molar-refractivity contribution in [3.05, 3.63) is 186 Å². The molecule has 0 aliphatic heterocycles. The van der Waals surface area contributed by atoms with Crippen molar-refractivity contribution in [3.63, 3.8) is 0 Å². The molecule has 57 heavy (non-hydrogen) atoms. The van der Waals surface area contributed by atoms with Gasteiger partial charge in [-0.3, -0.25) is 4.57 Å². The topological polar surface area (TPSA) is 48.5 Å². The number of para-hydroxylation sites is 2. The Balaban J connectivity index is 1.00. The van der Waals surface area contributed by atoms with Crippen LogP contribution in [0.25, 0.3) is 99.6 Å². The lowest BCUT2D eigenvalue weighted by atomic mass is 9.97. The summed E-state index contributed by atoms with van der Waals surface area (Å²) in [5, 5.41) is 6.24. The van der Waals surface area contributed by atoms with E-state index in [0.717, 1.165) is 39.4 Å². The highest BCUT2D eigenvalue weighted by molar-refractivity contribution is 7.20. The van der Waals surface area contributed by atoms with E-state index in [1.54, 1.807) is 0 Å². The summed E-state index contributed by atoms with van der Waals surface area (Å²) in [6, 6.07) is 60.6. The highest BCUT2D eigenvalue weighted by Crippen LogP contribution is 2.42. The van der Waals surface area contributed by atoms with Crippen LogP contribution in [-0.4, -0.2) is 24.1 Å². The maximum atomic E-state index is 5.11. The van der Waals surface area contributed by atoms with Crippen molar-refractivity contribution in [2.45, 2.75) is 12.5 Å². The molecule has 1 aliphatic rings. The minimum Gasteiger partial charge on any atom is -0.333 e. The van der Waals surface area contributed by atoms with Gasteiger partial charge in [-0.1, -0.05) is 133 Å². The summed E-state index contributed by atoms with van der Waals surface area (Å²) in [6.07, 6.45) is 5.73. The van der Waals surface area contributed by atoms with E-state index in [-0.39, 0.29) is 6.04 Å². The lowest BCUT2D eigenvalue weighted by Crippen LogP contribution is -2.12. The summed E-state index contributed by atoms with van der Waals surface area (Å²) in [6.45, 7) is 0. The Morgan fingerprint density at radius 3 is 1.68 bits per heavy atom. The number of fused-ring (bicyclic) bond motifs is 9. The number of thiophene rings is 1. The highest BCUT2D eigenvalue weighted by atomic mass is 32.1. The molecule has 12 rings (SSSR count). The molecule has 0 amide bonds. The van der Waals surface area contributed by atoms with Gasteiger partial charge in [-0.25, -0.2) is 4.98 Å². The number of hydrogen-bond donors (Lipinski definition) is 0. The fourth-order valence-corrected chi connectivity index (χ4v) is 10.1. The van der Waals surface area contributed by atoms with E-state index in [1.165, 1.54) is 53.5 Å². The average Bonchev–Trinajstić information content (AvgIpc) is 3.94. The van der Waals surface area contributed by atoms with Crippen LogP contribution < -0.4 is 0 Å². The highest BCUT2D eigenvalue weighted by Gasteiger charge is 2.24. The molecule has 4 aromatic heterocycles. The Kier molecular flexibility index (Phi) is 7.16. The summed E-state index contributed by atoms with van der Waals surface area (Å²) in [4.78, 5) is 16.6. The van der Waals surface area contributed by atoms with Crippen LogP contribution in [0.5, 0.6) is 0 Å². The van der Waals surface area contributed by atoms with Crippen molar-refractivity contribution >= 4 is 71.1 Å². The molecule has 0 N–H and O–H groups in total. The molecule has 4 heterocycles. The zero-order chi connectivity index (χ0) is 37.5. The molecule has 7 aromatic carbocycles. The fourth-order valence-electron chi connectivity index (χ4n) is 8.92. The van der Waals surface area contributed by atoms with Gasteiger partial charge in [0.2, 0.25) is 5.95 Å². The molecule has 6 heteroatoms. The van der Waals surface area contributed by atoms with Crippen molar-refractivity contribution in [2.24, 2.45) is 0 Å². The Morgan fingerprint density at radius 2 is 0.982 bits per heavy atom. The molecular formula is C51H33N5S. The maximum Gasteiger partial charge on any atom is 0.238 e. The Morgan fingerprint density at radius 1 is 0.456 bits per heavy atom. The average molecular weight is 748 g/mol. The summed E-state index contributed by atoms with van der Waals surface area (Å²) in [5.74, 6) is 1.87. The third kappa shape index (κ3) is 5.11. The minimum atomic E-state index is 0.228. The van der Waals surface area contributed by atoms with Gasteiger partial charge in [0.25, 0.3) is 0 Å². The molecule has 1 aliphatic carbocycles. The Labute approximate surface area is 332 Å². The molecule has 0 saturated carbocycles. The molecule has 0 saturated heterocycles.